The molecule has 2 saturated heterocycles. The van der Waals surface area contributed by atoms with Crippen LogP contribution in [0.15, 0.2) is 91.0 Å². The van der Waals surface area contributed by atoms with Crippen molar-refractivity contribution in [3.05, 3.63) is 96.6 Å². The quantitative estimate of drug-likeness (QED) is 0.173. The Morgan fingerprint density at radius 3 is 1.94 bits per heavy atom. The van der Waals surface area contributed by atoms with Crippen molar-refractivity contribution >= 4 is 51.7 Å². The zero-order valence-electron chi connectivity index (χ0n) is 30.1. The first-order valence-electron chi connectivity index (χ1n) is 18.3. The zero-order chi connectivity index (χ0) is 36.8. The SMILES string of the molecule is CCC(=O)N[C@H](C(=O)N1CCC[C@H]1C(=O)Nc1ccc2cc(-c3ccc(NC(=O)[C@@H]4CCCN4C(=O)Cc4ccccc4)cc3)ccc2c1)C(C)C. The summed E-state index contributed by atoms with van der Waals surface area (Å²) in [6.07, 6.45) is 3.30. The van der Waals surface area contributed by atoms with Crippen LogP contribution in [0.3, 0.4) is 0 Å². The maximum Gasteiger partial charge on any atom is 0.247 e. The number of carbonyl (C=O) groups is 5. The van der Waals surface area contributed by atoms with E-state index in [1.807, 2.05) is 98.8 Å². The molecule has 5 amide bonds. The minimum atomic E-state index is -0.670. The molecule has 3 N–H and O–H groups in total. The Bertz CT molecular complexity index is 1940. The van der Waals surface area contributed by atoms with E-state index in [4.69, 9.17) is 0 Å². The van der Waals surface area contributed by atoms with Gasteiger partial charge in [0.1, 0.15) is 18.1 Å². The maximum atomic E-state index is 13.4. The number of rotatable bonds is 11. The third kappa shape index (κ3) is 8.33. The molecular weight excluding hydrogens is 654 g/mol. The van der Waals surface area contributed by atoms with Gasteiger partial charge in [-0.25, -0.2) is 0 Å². The van der Waals surface area contributed by atoms with Crippen LogP contribution in [0.1, 0.15) is 58.4 Å². The summed E-state index contributed by atoms with van der Waals surface area (Å²) in [5.41, 5.74) is 4.24. The first kappa shape index (κ1) is 36.3. The van der Waals surface area contributed by atoms with Crippen molar-refractivity contribution < 1.29 is 24.0 Å². The minimum absolute atomic E-state index is 0.0349. The number of fused-ring (bicyclic) bond motifs is 1. The average Bonchev–Trinajstić information content (AvgIpc) is 3.85. The fraction of sp³-hybridized carbons (Fsp3) is 0.357. The van der Waals surface area contributed by atoms with Gasteiger partial charge in [-0.05, 0) is 89.4 Å². The number of nitrogens with zero attached hydrogens (tertiary/aromatic N) is 2. The van der Waals surface area contributed by atoms with Crippen LogP contribution in [0.25, 0.3) is 21.9 Å². The summed E-state index contributed by atoms with van der Waals surface area (Å²) in [4.78, 5) is 68.5. The molecule has 6 rings (SSSR count). The van der Waals surface area contributed by atoms with Gasteiger partial charge in [-0.1, -0.05) is 81.4 Å². The third-order valence-corrected chi connectivity index (χ3v) is 10.1. The van der Waals surface area contributed by atoms with E-state index in [1.165, 1.54) is 0 Å². The Balaban J connectivity index is 1.07. The number of hydrogen-bond acceptors (Lipinski definition) is 5. The molecule has 4 aromatic carbocycles. The van der Waals surface area contributed by atoms with Gasteiger partial charge in [-0.2, -0.15) is 0 Å². The van der Waals surface area contributed by atoms with Crippen LogP contribution in [0.4, 0.5) is 11.4 Å². The molecule has 270 valence electrons. The zero-order valence-corrected chi connectivity index (χ0v) is 30.1. The molecule has 0 spiro atoms. The Morgan fingerprint density at radius 1 is 0.692 bits per heavy atom. The predicted molar refractivity (Wildman–Crippen MR) is 203 cm³/mol. The highest BCUT2D eigenvalue weighted by Crippen LogP contribution is 2.29. The van der Waals surface area contributed by atoms with E-state index in [0.29, 0.717) is 37.3 Å². The normalized spacial score (nSPS) is 17.6. The monoisotopic (exact) mass is 701 g/mol. The van der Waals surface area contributed by atoms with Crippen molar-refractivity contribution in [2.24, 2.45) is 5.92 Å². The van der Waals surface area contributed by atoms with Crippen molar-refractivity contribution in [1.82, 2.24) is 15.1 Å². The fourth-order valence-corrected chi connectivity index (χ4v) is 7.18. The molecule has 2 aliphatic rings. The first-order valence-corrected chi connectivity index (χ1v) is 18.3. The molecule has 2 heterocycles. The molecule has 0 unspecified atom stereocenters. The molecule has 10 nitrogen and oxygen atoms in total. The van der Waals surface area contributed by atoms with Gasteiger partial charge in [0.25, 0.3) is 0 Å². The van der Waals surface area contributed by atoms with Crippen LogP contribution in [0.5, 0.6) is 0 Å². The summed E-state index contributed by atoms with van der Waals surface area (Å²) in [6.45, 7) is 6.59. The van der Waals surface area contributed by atoms with E-state index in [1.54, 1.807) is 16.7 Å². The van der Waals surface area contributed by atoms with Crippen molar-refractivity contribution in [3.8, 4) is 11.1 Å². The summed E-state index contributed by atoms with van der Waals surface area (Å²) in [5, 5.41) is 10.8. The maximum absolute atomic E-state index is 13.4. The molecular formula is C42H47N5O5. The molecule has 0 aromatic heterocycles. The summed E-state index contributed by atoms with van der Waals surface area (Å²) >= 11 is 0. The molecule has 52 heavy (non-hydrogen) atoms. The second-order valence-electron chi connectivity index (χ2n) is 14.1. The Kier molecular flexibility index (Phi) is 11.3. The van der Waals surface area contributed by atoms with Crippen LogP contribution >= 0.6 is 0 Å². The lowest BCUT2D eigenvalue weighted by molar-refractivity contribution is -0.141. The molecule has 2 fully saturated rings. The van der Waals surface area contributed by atoms with Gasteiger partial charge in [-0.3, -0.25) is 24.0 Å². The lowest BCUT2D eigenvalue weighted by Gasteiger charge is -2.30. The van der Waals surface area contributed by atoms with Gasteiger partial charge in [-0.15, -0.1) is 0 Å². The Hall–Kier alpha value is -5.51. The largest absolute Gasteiger partial charge is 0.344 e. The molecule has 4 aromatic rings. The molecule has 3 atom stereocenters. The molecule has 0 saturated carbocycles. The van der Waals surface area contributed by atoms with Crippen LogP contribution in [-0.2, 0) is 30.4 Å². The van der Waals surface area contributed by atoms with Crippen LogP contribution < -0.4 is 16.0 Å². The van der Waals surface area contributed by atoms with Crippen LogP contribution in [0.2, 0.25) is 0 Å². The van der Waals surface area contributed by atoms with Gasteiger partial charge in [0.15, 0.2) is 0 Å². The minimum Gasteiger partial charge on any atom is -0.344 e. The van der Waals surface area contributed by atoms with Gasteiger partial charge < -0.3 is 25.8 Å². The van der Waals surface area contributed by atoms with Gasteiger partial charge in [0.2, 0.25) is 29.5 Å². The number of benzene rings is 4. The topological polar surface area (TPSA) is 128 Å². The molecule has 0 bridgehead atoms. The fourth-order valence-electron chi connectivity index (χ4n) is 7.18. The highest BCUT2D eigenvalue weighted by molar-refractivity contribution is 6.01. The third-order valence-electron chi connectivity index (χ3n) is 10.1. The summed E-state index contributed by atoms with van der Waals surface area (Å²) in [7, 11) is 0. The number of amides is 5. The predicted octanol–water partition coefficient (Wildman–Crippen LogP) is 6.16. The molecule has 10 heteroatoms. The van der Waals surface area contributed by atoms with Gasteiger partial charge in [0.05, 0.1) is 6.42 Å². The van der Waals surface area contributed by atoms with Gasteiger partial charge >= 0.3 is 0 Å². The van der Waals surface area contributed by atoms with E-state index < -0.39 is 18.1 Å². The highest BCUT2D eigenvalue weighted by Gasteiger charge is 2.38. The summed E-state index contributed by atoms with van der Waals surface area (Å²) < 4.78 is 0. The lowest BCUT2D eigenvalue weighted by Crippen LogP contribution is -2.54. The van der Waals surface area contributed by atoms with Crippen molar-refractivity contribution in [2.75, 3.05) is 23.7 Å². The average molecular weight is 702 g/mol. The first-order chi connectivity index (χ1) is 25.1. The van der Waals surface area contributed by atoms with Crippen molar-refractivity contribution in [1.29, 1.82) is 0 Å². The van der Waals surface area contributed by atoms with Gasteiger partial charge in [0, 0.05) is 30.9 Å². The Morgan fingerprint density at radius 2 is 1.27 bits per heavy atom. The molecule has 0 radical (unpaired) electrons. The van der Waals surface area contributed by atoms with E-state index in [-0.39, 0.29) is 48.3 Å². The smallest absolute Gasteiger partial charge is 0.247 e. The number of nitrogens with one attached hydrogen (secondary N) is 3. The second kappa shape index (κ2) is 16.2. The number of carbonyl (C=O) groups excluding carboxylic acids is 5. The van der Waals surface area contributed by atoms with E-state index >= 15 is 0 Å². The summed E-state index contributed by atoms with van der Waals surface area (Å²) in [6, 6.07) is 27.4. The van der Waals surface area contributed by atoms with E-state index in [0.717, 1.165) is 40.3 Å². The number of anilines is 2. The number of hydrogen-bond donors (Lipinski definition) is 3. The van der Waals surface area contributed by atoms with E-state index in [2.05, 4.69) is 22.0 Å². The van der Waals surface area contributed by atoms with Crippen LogP contribution in [-0.4, -0.2) is 70.6 Å². The second-order valence-corrected chi connectivity index (χ2v) is 14.1. The standard InChI is InChI=1S/C42H47N5O5/c1-4-37(48)45-39(27(2)3)42(52)47-23-9-13-36(47)41(51)44-34-21-18-31-25-30(14-15-32(31)26-34)29-16-19-33(20-17-29)43-40(50)35-12-8-22-46(35)38(49)24-28-10-6-5-7-11-28/h5-7,10-11,14-21,25-27,35-36,39H,4,8-9,12-13,22-24H2,1-3H3,(H,43,50)(H,44,51)(H,45,48)/t35-,36-,39-/m0/s1. The van der Waals surface area contributed by atoms with E-state index in [9.17, 15) is 24.0 Å². The van der Waals surface area contributed by atoms with Crippen molar-refractivity contribution in [3.63, 3.8) is 0 Å². The van der Waals surface area contributed by atoms with Crippen LogP contribution in [0, 0.1) is 5.92 Å². The van der Waals surface area contributed by atoms with Crippen molar-refractivity contribution in [2.45, 2.75) is 77.4 Å². The molecule has 0 aliphatic carbocycles. The summed E-state index contributed by atoms with van der Waals surface area (Å²) in [5.74, 6) is -0.957. The Labute approximate surface area is 304 Å². The molecule has 2 aliphatic heterocycles. The highest BCUT2D eigenvalue weighted by atomic mass is 16.2. The lowest BCUT2D eigenvalue weighted by atomic mass is 10.0. The number of likely N-dealkylation sites (tertiary alicyclic amines) is 2.